The van der Waals surface area contributed by atoms with E-state index in [0.717, 1.165) is 13.0 Å². The first-order valence-electron chi connectivity index (χ1n) is 16.5. The lowest BCUT2D eigenvalue weighted by Crippen LogP contribution is -2.62. The summed E-state index contributed by atoms with van der Waals surface area (Å²) in [5.41, 5.74) is -1.10. The number of phenolic OH excluding ortho intramolecular Hbond substituents is 2. The molecule has 6 rings (SSSR count). The normalized spacial score (nSPS) is 36.2. The summed E-state index contributed by atoms with van der Waals surface area (Å²) in [6.45, 7) is 3.54. The van der Waals surface area contributed by atoms with Gasteiger partial charge in [0.15, 0.2) is 24.3 Å². The van der Waals surface area contributed by atoms with Crippen molar-refractivity contribution >= 4 is 16.9 Å². The van der Waals surface area contributed by atoms with Gasteiger partial charge in [-0.25, -0.2) is 0 Å². The molecule has 0 aliphatic carbocycles. The number of rotatable bonds is 8. The lowest BCUT2D eigenvalue weighted by atomic mass is 9.99. The number of fused-ring (bicyclic) bond motifs is 1. The van der Waals surface area contributed by atoms with Crippen LogP contribution < -0.4 is 14.9 Å². The molecule has 290 valence electrons. The molecular formula is C34H40O19. The lowest BCUT2D eigenvalue weighted by Gasteiger charge is -2.44. The minimum atomic E-state index is -1.81. The molecule has 0 saturated carbocycles. The SMILES string of the molecule is CC(=O)O[C@@H]1[C@@H](O)[C@H](O)[C@H](Oc2cc(O)c3c(=O)c(O[C@@H]4O[C@@H](C)[C@H](O)[C@@H](O)[C@@H]4O[C@@H]4OC[C@@H](O)[C@H](O)[C@@H]4O)c(-c4ccc(O)cc4)oc3c2)O[C@H]1C. The maximum atomic E-state index is 14.2. The number of phenols is 2. The zero-order valence-corrected chi connectivity index (χ0v) is 28.4. The third-order valence-electron chi connectivity index (χ3n) is 9.13. The monoisotopic (exact) mass is 752 g/mol. The van der Waals surface area contributed by atoms with Crippen LogP contribution in [0.4, 0.5) is 0 Å². The summed E-state index contributed by atoms with van der Waals surface area (Å²) in [5.74, 6) is -2.62. The van der Waals surface area contributed by atoms with Crippen molar-refractivity contribution in [3.8, 4) is 34.3 Å². The second-order valence-electron chi connectivity index (χ2n) is 13.0. The number of aliphatic hydroxyl groups excluding tert-OH is 7. The fourth-order valence-electron chi connectivity index (χ4n) is 6.24. The number of benzene rings is 2. The van der Waals surface area contributed by atoms with Crippen LogP contribution in [0.2, 0.25) is 0 Å². The molecular weight excluding hydrogens is 712 g/mol. The maximum absolute atomic E-state index is 14.2. The van der Waals surface area contributed by atoms with Gasteiger partial charge in [0.1, 0.15) is 70.9 Å². The van der Waals surface area contributed by atoms with E-state index in [2.05, 4.69) is 0 Å². The van der Waals surface area contributed by atoms with Crippen molar-refractivity contribution in [2.75, 3.05) is 6.61 Å². The number of carbonyl (C=O) groups excluding carboxylic acids is 1. The Morgan fingerprint density at radius 1 is 0.755 bits per heavy atom. The summed E-state index contributed by atoms with van der Waals surface area (Å²) in [6, 6.07) is 7.49. The molecule has 0 radical (unpaired) electrons. The highest BCUT2D eigenvalue weighted by Gasteiger charge is 2.50. The minimum absolute atomic E-state index is 0.139. The van der Waals surface area contributed by atoms with E-state index >= 15 is 0 Å². The van der Waals surface area contributed by atoms with Gasteiger partial charge in [0.05, 0.1) is 18.8 Å². The van der Waals surface area contributed by atoms with Crippen molar-refractivity contribution in [3.05, 3.63) is 46.6 Å². The van der Waals surface area contributed by atoms with Crippen molar-refractivity contribution in [1.82, 2.24) is 0 Å². The van der Waals surface area contributed by atoms with Crippen molar-refractivity contribution in [1.29, 1.82) is 0 Å². The van der Waals surface area contributed by atoms with Gasteiger partial charge >= 0.3 is 5.97 Å². The molecule has 14 atom stereocenters. The van der Waals surface area contributed by atoms with Gasteiger partial charge in [-0.1, -0.05) is 0 Å². The highest BCUT2D eigenvalue weighted by atomic mass is 16.8. The summed E-state index contributed by atoms with van der Waals surface area (Å²) < 4.78 is 45.3. The molecule has 0 amide bonds. The quantitative estimate of drug-likeness (QED) is 0.116. The Labute approximate surface area is 299 Å². The lowest BCUT2D eigenvalue weighted by molar-refractivity contribution is -0.341. The molecule has 1 aromatic heterocycles. The number of esters is 1. The second-order valence-corrected chi connectivity index (χ2v) is 13.0. The summed E-state index contributed by atoms with van der Waals surface area (Å²) in [6.07, 6.45) is -21.5. The van der Waals surface area contributed by atoms with E-state index in [1.807, 2.05) is 0 Å². The van der Waals surface area contributed by atoms with Crippen molar-refractivity contribution in [2.24, 2.45) is 0 Å². The zero-order valence-electron chi connectivity index (χ0n) is 28.4. The van der Waals surface area contributed by atoms with Crippen LogP contribution in [0.5, 0.6) is 23.0 Å². The van der Waals surface area contributed by atoms with Crippen LogP contribution in [0.3, 0.4) is 0 Å². The molecule has 19 nitrogen and oxygen atoms in total. The summed E-state index contributed by atoms with van der Waals surface area (Å²) in [5, 5.41) is 94.0. The van der Waals surface area contributed by atoms with Gasteiger partial charge in [-0.3, -0.25) is 9.59 Å². The van der Waals surface area contributed by atoms with E-state index in [9.17, 15) is 55.5 Å². The Hall–Kier alpha value is -4.12. The maximum Gasteiger partial charge on any atom is 0.303 e. The van der Waals surface area contributed by atoms with Crippen molar-refractivity contribution in [3.63, 3.8) is 0 Å². The van der Waals surface area contributed by atoms with E-state index in [-0.39, 0.29) is 28.4 Å². The van der Waals surface area contributed by atoms with E-state index in [0.29, 0.717) is 0 Å². The Morgan fingerprint density at radius 3 is 2.08 bits per heavy atom. The molecule has 3 fully saturated rings. The van der Waals surface area contributed by atoms with Crippen LogP contribution in [-0.2, 0) is 28.5 Å². The second kappa shape index (κ2) is 15.3. The Kier molecular flexibility index (Phi) is 11.2. The van der Waals surface area contributed by atoms with Gasteiger partial charge in [-0.05, 0) is 38.1 Å². The van der Waals surface area contributed by atoms with Crippen LogP contribution in [0.1, 0.15) is 20.8 Å². The summed E-state index contributed by atoms with van der Waals surface area (Å²) in [7, 11) is 0. The van der Waals surface area contributed by atoms with Crippen molar-refractivity contribution < 1.29 is 88.3 Å². The van der Waals surface area contributed by atoms with Crippen LogP contribution in [0.15, 0.2) is 45.6 Å². The van der Waals surface area contributed by atoms with Gasteiger partial charge in [0, 0.05) is 24.6 Å². The molecule has 3 aliphatic rings. The molecule has 2 aromatic carbocycles. The number of ether oxygens (including phenoxy) is 7. The third kappa shape index (κ3) is 7.64. The number of hydrogen-bond acceptors (Lipinski definition) is 19. The van der Waals surface area contributed by atoms with Crippen LogP contribution in [-0.4, -0.2) is 145 Å². The molecule has 4 heterocycles. The summed E-state index contributed by atoms with van der Waals surface area (Å²) in [4.78, 5) is 25.7. The van der Waals surface area contributed by atoms with E-state index in [1.54, 1.807) is 0 Å². The average molecular weight is 753 g/mol. The smallest absolute Gasteiger partial charge is 0.303 e. The predicted molar refractivity (Wildman–Crippen MR) is 173 cm³/mol. The Morgan fingerprint density at radius 2 is 1.40 bits per heavy atom. The molecule has 0 spiro atoms. The Balaban J connectivity index is 1.37. The summed E-state index contributed by atoms with van der Waals surface area (Å²) >= 11 is 0. The first-order valence-corrected chi connectivity index (χ1v) is 16.5. The van der Waals surface area contributed by atoms with Crippen molar-refractivity contribution in [2.45, 2.75) is 107 Å². The molecule has 0 unspecified atom stereocenters. The molecule has 53 heavy (non-hydrogen) atoms. The minimum Gasteiger partial charge on any atom is -0.508 e. The van der Waals surface area contributed by atoms with Gasteiger partial charge in [-0.15, -0.1) is 0 Å². The van der Waals surface area contributed by atoms with E-state index in [4.69, 9.17) is 37.6 Å². The fourth-order valence-corrected chi connectivity index (χ4v) is 6.24. The number of aliphatic hydroxyl groups is 7. The molecule has 19 heteroatoms. The Bertz CT molecular complexity index is 1830. The number of carbonyl (C=O) groups is 1. The molecule has 3 aliphatic heterocycles. The molecule has 9 N–H and O–H groups in total. The van der Waals surface area contributed by atoms with Gasteiger partial charge in [0.25, 0.3) is 0 Å². The fraction of sp³-hybridized carbons (Fsp3) is 0.529. The first kappa shape index (κ1) is 38.6. The third-order valence-corrected chi connectivity index (χ3v) is 9.13. The topological polar surface area (TPSA) is 294 Å². The number of hydrogen-bond donors (Lipinski definition) is 9. The molecule has 3 saturated heterocycles. The number of aromatic hydroxyl groups is 2. The van der Waals surface area contributed by atoms with Crippen LogP contribution in [0, 0.1) is 0 Å². The van der Waals surface area contributed by atoms with E-state index < -0.39 is 121 Å². The van der Waals surface area contributed by atoms with Gasteiger partial charge < -0.3 is 83.5 Å². The largest absolute Gasteiger partial charge is 0.508 e. The van der Waals surface area contributed by atoms with Crippen LogP contribution >= 0.6 is 0 Å². The zero-order chi connectivity index (χ0) is 38.5. The standard InChI is InChI=1S/C34H40O19/c1-11-21(39)24(42)31(53-32-26(44)22(40)18(38)10-46-32)34(47-11)52-30-23(41)20-17(37)8-16(9-19(20)51-29(30)14-4-6-15(36)7-5-14)50-33-27(45)25(43)28(12(2)48-33)49-13(3)35/h4-9,11-12,18,21-22,24-28,31-34,36-40,42-45H,10H2,1-3H3/t11-,12-,18+,21-,22-,24+,25-,26-,27-,28-,31-,32-,33-,34-/m0/s1. The highest BCUT2D eigenvalue weighted by molar-refractivity contribution is 5.88. The molecule has 0 bridgehead atoms. The van der Waals surface area contributed by atoms with E-state index in [1.165, 1.54) is 44.2 Å². The van der Waals surface area contributed by atoms with Gasteiger partial charge in [0.2, 0.25) is 23.8 Å². The first-order chi connectivity index (χ1) is 25.0. The highest BCUT2D eigenvalue weighted by Crippen LogP contribution is 2.39. The average Bonchev–Trinajstić information content (AvgIpc) is 3.10. The van der Waals surface area contributed by atoms with Gasteiger partial charge in [-0.2, -0.15) is 0 Å². The predicted octanol–water partition coefficient (Wildman–Crippen LogP) is -1.68. The van der Waals surface area contributed by atoms with Crippen LogP contribution in [0.25, 0.3) is 22.3 Å². The molecule has 3 aromatic rings.